The largest absolute Gasteiger partial charge is 0.506 e. The number of nitro groups is 1. The van der Waals surface area contributed by atoms with Crippen molar-refractivity contribution in [2.75, 3.05) is 23.6 Å². The number of carbonyl (C=O) groups is 2. The monoisotopic (exact) mass is 385 g/mol. The number of phenols is 1. The van der Waals surface area contributed by atoms with Crippen LogP contribution >= 0.6 is 0 Å². The summed E-state index contributed by atoms with van der Waals surface area (Å²) in [5, 5.41) is 23.2. The molecular formula is C18H15N3O7. The fourth-order valence-corrected chi connectivity index (χ4v) is 3.16. The zero-order valence-electron chi connectivity index (χ0n) is 14.5. The van der Waals surface area contributed by atoms with Crippen LogP contribution in [0.15, 0.2) is 36.4 Å². The number of nitro benzene ring substituents is 1. The summed E-state index contributed by atoms with van der Waals surface area (Å²) in [4.78, 5) is 36.6. The molecule has 2 aromatic rings. The van der Waals surface area contributed by atoms with Gasteiger partial charge in [0.25, 0.3) is 5.69 Å². The summed E-state index contributed by atoms with van der Waals surface area (Å²) in [5.74, 6) is -0.590. The first-order valence-electron chi connectivity index (χ1n) is 8.40. The lowest BCUT2D eigenvalue weighted by Gasteiger charge is -2.17. The molecule has 4 rings (SSSR count). The van der Waals surface area contributed by atoms with E-state index in [2.05, 4.69) is 5.32 Å². The molecule has 2 aliphatic heterocycles. The van der Waals surface area contributed by atoms with Crippen LogP contribution in [0.1, 0.15) is 6.42 Å². The van der Waals surface area contributed by atoms with Crippen molar-refractivity contribution >= 4 is 28.9 Å². The first-order valence-corrected chi connectivity index (χ1v) is 8.40. The number of amides is 2. The molecule has 0 saturated carbocycles. The van der Waals surface area contributed by atoms with Crippen LogP contribution in [0.5, 0.6) is 17.2 Å². The highest BCUT2D eigenvalue weighted by Crippen LogP contribution is 2.37. The zero-order chi connectivity index (χ0) is 19.8. The van der Waals surface area contributed by atoms with Crippen LogP contribution in [0.3, 0.4) is 0 Å². The fourth-order valence-electron chi connectivity index (χ4n) is 3.16. The van der Waals surface area contributed by atoms with Crippen molar-refractivity contribution in [1.82, 2.24) is 0 Å². The molecule has 2 aliphatic rings. The number of hydrogen-bond donors (Lipinski definition) is 2. The van der Waals surface area contributed by atoms with Gasteiger partial charge in [-0.2, -0.15) is 0 Å². The van der Waals surface area contributed by atoms with Crippen LogP contribution in [-0.4, -0.2) is 35.2 Å². The van der Waals surface area contributed by atoms with Gasteiger partial charge >= 0.3 is 0 Å². The van der Waals surface area contributed by atoms with Gasteiger partial charge in [0.2, 0.25) is 18.6 Å². The van der Waals surface area contributed by atoms with Gasteiger partial charge < -0.3 is 24.8 Å². The summed E-state index contributed by atoms with van der Waals surface area (Å²) < 4.78 is 10.6. The van der Waals surface area contributed by atoms with Gasteiger partial charge in [-0.15, -0.1) is 0 Å². The van der Waals surface area contributed by atoms with Crippen LogP contribution < -0.4 is 19.7 Å². The molecule has 144 valence electrons. The number of rotatable bonds is 4. The molecule has 10 heteroatoms. The lowest BCUT2D eigenvalue weighted by atomic mass is 10.1. The van der Waals surface area contributed by atoms with Gasteiger partial charge in [0, 0.05) is 36.9 Å². The molecule has 28 heavy (non-hydrogen) atoms. The van der Waals surface area contributed by atoms with E-state index >= 15 is 0 Å². The lowest BCUT2D eigenvalue weighted by Crippen LogP contribution is -2.28. The smallest absolute Gasteiger partial charge is 0.271 e. The molecule has 0 spiro atoms. The Labute approximate surface area is 158 Å². The molecule has 2 N–H and O–H groups in total. The molecule has 0 aliphatic carbocycles. The number of carbonyl (C=O) groups excluding carboxylic acids is 2. The minimum absolute atomic E-state index is 0.0179. The van der Waals surface area contributed by atoms with Gasteiger partial charge in [0.05, 0.1) is 16.5 Å². The third-order valence-corrected chi connectivity index (χ3v) is 4.61. The molecular weight excluding hydrogens is 370 g/mol. The quantitative estimate of drug-likeness (QED) is 0.467. The van der Waals surface area contributed by atoms with E-state index in [1.807, 2.05) is 0 Å². The predicted molar refractivity (Wildman–Crippen MR) is 96.4 cm³/mol. The Bertz CT molecular complexity index is 991. The van der Waals surface area contributed by atoms with Crippen molar-refractivity contribution in [2.45, 2.75) is 6.42 Å². The average Bonchev–Trinajstić information content (AvgIpc) is 3.29. The molecule has 0 bridgehead atoms. The summed E-state index contributed by atoms with van der Waals surface area (Å²) in [5.41, 5.74) is 0.244. The molecule has 2 amide bonds. The average molecular weight is 385 g/mol. The number of phenolic OH excluding ortho intramolecular Hbond substituents is 1. The van der Waals surface area contributed by atoms with E-state index in [4.69, 9.17) is 9.47 Å². The summed E-state index contributed by atoms with van der Waals surface area (Å²) in [6.07, 6.45) is -0.0179. The molecule has 2 aromatic carbocycles. The molecule has 1 saturated heterocycles. The number of nitrogens with one attached hydrogen (secondary N) is 1. The number of benzene rings is 2. The third kappa shape index (κ3) is 3.15. The Hall–Kier alpha value is -3.82. The van der Waals surface area contributed by atoms with Crippen molar-refractivity contribution in [3.8, 4) is 17.2 Å². The van der Waals surface area contributed by atoms with Gasteiger partial charge in [0.1, 0.15) is 5.75 Å². The van der Waals surface area contributed by atoms with E-state index in [-0.39, 0.29) is 42.8 Å². The van der Waals surface area contributed by atoms with Crippen LogP contribution in [0, 0.1) is 16.0 Å². The zero-order valence-corrected chi connectivity index (χ0v) is 14.5. The normalized spacial score (nSPS) is 17.6. The standard InChI is InChI=1S/C18H15N3O7/c22-14-3-1-12(21(25)26)6-13(14)19-18(24)10-5-17(23)20(8-10)11-2-4-15-16(7-11)28-9-27-15/h1-4,6-7,10,22H,5,8-9H2,(H,19,24). The molecule has 1 fully saturated rings. The van der Waals surface area contributed by atoms with E-state index in [1.165, 1.54) is 4.90 Å². The molecule has 0 aromatic heterocycles. The number of fused-ring (bicyclic) bond motifs is 1. The Kier molecular flexibility index (Phi) is 4.22. The van der Waals surface area contributed by atoms with Crippen molar-refractivity contribution in [1.29, 1.82) is 0 Å². The minimum atomic E-state index is -0.670. The van der Waals surface area contributed by atoms with Crippen molar-refractivity contribution in [2.24, 2.45) is 5.92 Å². The first-order chi connectivity index (χ1) is 13.4. The second-order valence-corrected chi connectivity index (χ2v) is 6.39. The molecule has 0 radical (unpaired) electrons. The minimum Gasteiger partial charge on any atom is -0.506 e. The molecule has 1 unspecified atom stereocenters. The third-order valence-electron chi connectivity index (χ3n) is 4.61. The van der Waals surface area contributed by atoms with E-state index in [9.17, 15) is 24.8 Å². The Morgan fingerprint density at radius 1 is 1.21 bits per heavy atom. The van der Waals surface area contributed by atoms with Crippen molar-refractivity contribution in [3.63, 3.8) is 0 Å². The Morgan fingerprint density at radius 3 is 2.79 bits per heavy atom. The number of nitrogens with zero attached hydrogens (tertiary/aromatic N) is 2. The number of hydrogen-bond acceptors (Lipinski definition) is 7. The SMILES string of the molecule is O=C(Nc1cc([N+](=O)[O-])ccc1O)C1CC(=O)N(c2ccc3c(c2)OCO3)C1. The van der Waals surface area contributed by atoms with Crippen LogP contribution in [0.4, 0.5) is 17.1 Å². The number of anilines is 2. The number of aromatic hydroxyl groups is 1. The van der Waals surface area contributed by atoms with Gasteiger partial charge in [-0.1, -0.05) is 0 Å². The lowest BCUT2D eigenvalue weighted by molar-refractivity contribution is -0.384. The molecule has 1 atom stereocenters. The maximum Gasteiger partial charge on any atom is 0.271 e. The number of ether oxygens (including phenoxy) is 2. The van der Waals surface area contributed by atoms with E-state index < -0.39 is 16.7 Å². The summed E-state index contributed by atoms with van der Waals surface area (Å²) in [7, 11) is 0. The van der Waals surface area contributed by atoms with Gasteiger partial charge in [-0.3, -0.25) is 19.7 Å². The van der Waals surface area contributed by atoms with Crippen molar-refractivity contribution in [3.05, 3.63) is 46.5 Å². The van der Waals surface area contributed by atoms with E-state index in [0.29, 0.717) is 17.2 Å². The van der Waals surface area contributed by atoms with Crippen LogP contribution in [-0.2, 0) is 9.59 Å². The highest BCUT2D eigenvalue weighted by atomic mass is 16.7. The topological polar surface area (TPSA) is 131 Å². The molecule has 2 heterocycles. The van der Waals surface area contributed by atoms with E-state index in [1.54, 1.807) is 18.2 Å². The highest BCUT2D eigenvalue weighted by Gasteiger charge is 2.36. The summed E-state index contributed by atoms with van der Waals surface area (Å²) in [6, 6.07) is 8.40. The summed E-state index contributed by atoms with van der Waals surface area (Å²) >= 11 is 0. The van der Waals surface area contributed by atoms with Gasteiger partial charge in [-0.25, -0.2) is 0 Å². The van der Waals surface area contributed by atoms with E-state index in [0.717, 1.165) is 18.2 Å². The fraction of sp³-hybridized carbons (Fsp3) is 0.222. The van der Waals surface area contributed by atoms with Crippen molar-refractivity contribution < 1.29 is 29.1 Å². The van der Waals surface area contributed by atoms with Gasteiger partial charge in [0.15, 0.2) is 11.5 Å². The second kappa shape index (κ2) is 6.72. The predicted octanol–water partition coefficient (Wildman–Crippen LogP) is 2.02. The maximum atomic E-state index is 12.5. The van der Waals surface area contributed by atoms with Crippen LogP contribution in [0.2, 0.25) is 0 Å². The first kappa shape index (κ1) is 17.6. The highest BCUT2D eigenvalue weighted by molar-refractivity contribution is 6.04. The van der Waals surface area contributed by atoms with Gasteiger partial charge in [-0.05, 0) is 18.2 Å². The Balaban J connectivity index is 1.49. The number of non-ortho nitro benzene ring substituents is 1. The Morgan fingerprint density at radius 2 is 2.00 bits per heavy atom. The molecule has 10 nitrogen and oxygen atoms in total. The maximum absolute atomic E-state index is 12.5. The second-order valence-electron chi connectivity index (χ2n) is 6.39. The summed E-state index contributed by atoms with van der Waals surface area (Å²) in [6.45, 7) is 0.254. The van der Waals surface area contributed by atoms with Crippen LogP contribution in [0.25, 0.3) is 0 Å².